The summed E-state index contributed by atoms with van der Waals surface area (Å²) in [6, 6.07) is 0. The Balaban J connectivity index is -0.000000149. The number of rotatable bonds is 2. The smallest absolute Gasteiger partial charge is 0.0562 e. The molecule has 0 aliphatic rings. The third kappa shape index (κ3) is 15.6. The van der Waals surface area contributed by atoms with Crippen LogP contribution in [0.2, 0.25) is 0 Å². The van der Waals surface area contributed by atoms with Crippen molar-refractivity contribution in [3.05, 3.63) is 0 Å². The maximum absolute atomic E-state index is 8.18. The maximum Gasteiger partial charge on any atom is 0.0562 e. The van der Waals surface area contributed by atoms with E-state index in [0.29, 0.717) is 12.1 Å². The zero-order valence-electron chi connectivity index (χ0n) is 5.69. The van der Waals surface area contributed by atoms with Gasteiger partial charge in [0, 0.05) is 13.0 Å². The molecule has 0 aromatic carbocycles. The number of nitrogens with zero attached hydrogens (tertiary/aromatic N) is 1. The van der Waals surface area contributed by atoms with Crippen LogP contribution in [-0.2, 0) is 0 Å². The van der Waals surface area contributed by atoms with Crippen molar-refractivity contribution in [3.63, 3.8) is 0 Å². The number of hydrogen-bond acceptors (Lipinski definition) is 5. The van der Waals surface area contributed by atoms with Crippen LogP contribution in [0.5, 0.6) is 0 Å². The summed E-state index contributed by atoms with van der Waals surface area (Å²) < 4.78 is 0. The Morgan fingerprint density at radius 3 is 2.00 bits per heavy atom. The first-order chi connectivity index (χ1) is 4.31. The fourth-order valence-corrected chi connectivity index (χ4v) is 0.212. The number of halogens is 1. The maximum atomic E-state index is 8.18. The van der Waals surface area contributed by atoms with E-state index in [9.17, 15) is 0 Å². The summed E-state index contributed by atoms with van der Waals surface area (Å²) in [7, 11) is 0. The largest absolute Gasteiger partial charge is 0.411 e. The molecule has 0 aromatic heterocycles. The van der Waals surface area contributed by atoms with E-state index in [1.807, 2.05) is 0 Å². The molecule has 5 N–H and O–H groups in total. The van der Waals surface area contributed by atoms with E-state index in [-0.39, 0.29) is 19.0 Å². The van der Waals surface area contributed by atoms with Crippen molar-refractivity contribution >= 4 is 18.1 Å². The van der Waals surface area contributed by atoms with Gasteiger partial charge in [0.15, 0.2) is 0 Å². The molecule has 0 atom stereocenters. The van der Waals surface area contributed by atoms with Crippen LogP contribution < -0.4 is 5.90 Å². The number of aliphatic hydroxyl groups excluding tert-OH is 1. The van der Waals surface area contributed by atoms with E-state index in [1.165, 1.54) is 0 Å². The topological polar surface area (TPSA) is 99.1 Å². The van der Waals surface area contributed by atoms with Gasteiger partial charge in [-0.3, -0.25) is 0 Å². The molecule has 0 aromatic rings. The lowest BCUT2D eigenvalue weighted by Gasteiger charge is -1.87. The standard InChI is InChI=1S/C4H9NO2.ClH.H3NO/c1-4(5-7)2-3-6;;1-2/h6-7H,2-3H2,1H3;1H;2H,1H2. The third-order valence-corrected chi connectivity index (χ3v) is 0.644. The lowest BCUT2D eigenvalue weighted by molar-refractivity contribution is 0.295. The van der Waals surface area contributed by atoms with Crippen LogP contribution in [0.3, 0.4) is 0 Å². The van der Waals surface area contributed by atoms with Crippen molar-refractivity contribution in [1.82, 2.24) is 0 Å². The van der Waals surface area contributed by atoms with E-state index >= 15 is 0 Å². The summed E-state index contributed by atoms with van der Waals surface area (Å²) in [5.41, 5.74) is 0.558. The van der Waals surface area contributed by atoms with Crippen molar-refractivity contribution in [2.75, 3.05) is 6.61 Å². The van der Waals surface area contributed by atoms with Crippen LogP contribution in [0.1, 0.15) is 13.3 Å². The summed E-state index contributed by atoms with van der Waals surface area (Å²) in [5, 5.41) is 25.5. The molecule has 0 radical (unpaired) electrons. The van der Waals surface area contributed by atoms with Gasteiger partial charge in [-0.15, -0.1) is 12.4 Å². The van der Waals surface area contributed by atoms with Crippen molar-refractivity contribution in [2.24, 2.45) is 11.1 Å². The summed E-state index contributed by atoms with van der Waals surface area (Å²) in [6.07, 6.45) is 0.455. The molecule has 0 fully saturated rings. The van der Waals surface area contributed by atoms with Gasteiger partial charge in [0.25, 0.3) is 0 Å². The average molecular weight is 173 g/mol. The Labute approximate surface area is 65.5 Å². The van der Waals surface area contributed by atoms with Gasteiger partial charge in [-0.1, -0.05) is 5.16 Å². The first kappa shape index (κ1) is 16.3. The van der Waals surface area contributed by atoms with Crippen LogP contribution in [0.4, 0.5) is 0 Å². The zero-order chi connectivity index (χ0) is 7.70. The van der Waals surface area contributed by atoms with E-state index in [2.05, 4.69) is 11.1 Å². The van der Waals surface area contributed by atoms with Crippen molar-refractivity contribution in [2.45, 2.75) is 13.3 Å². The molecule has 0 saturated heterocycles. The zero-order valence-corrected chi connectivity index (χ0v) is 6.51. The molecule has 0 saturated carbocycles. The lowest BCUT2D eigenvalue weighted by atomic mass is 10.3. The molecule has 5 nitrogen and oxygen atoms in total. The first-order valence-electron chi connectivity index (χ1n) is 2.35. The Bertz CT molecular complexity index is 78.9. The molecule has 0 bridgehead atoms. The van der Waals surface area contributed by atoms with Gasteiger partial charge in [0.2, 0.25) is 0 Å². The van der Waals surface area contributed by atoms with Crippen LogP contribution >= 0.6 is 12.4 Å². The van der Waals surface area contributed by atoms with Crippen LogP contribution in [0.15, 0.2) is 5.16 Å². The second-order valence-electron chi connectivity index (χ2n) is 1.31. The molecule has 0 amide bonds. The predicted octanol–water partition coefficient (Wildman–Crippen LogP) is -0.0250. The van der Waals surface area contributed by atoms with Crippen molar-refractivity contribution in [3.8, 4) is 0 Å². The van der Waals surface area contributed by atoms with Gasteiger partial charge in [0.05, 0.1) is 5.71 Å². The molecule has 0 aliphatic heterocycles. The van der Waals surface area contributed by atoms with E-state index in [4.69, 9.17) is 15.5 Å². The minimum atomic E-state index is 0. The van der Waals surface area contributed by atoms with Crippen molar-refractivity contribution < 1.29 is 15.5 Å². The number of hydrogen-bond donors (Lipinski definition) is 4. The Morgan fingerprint density at radius 2 is 1.90 bits per heavy atom. The van der Waals surface area contributed by atoms with Crippen LogP contribution in [-0.4, -0.2) is 27.8 Å². The minimum absolute atomic E-state index is 0. The summed E-state index contributed by atoms with van der Waals surface area (Å²) in [5.74, 6) is 3.50. The lowest BCUT2D eigenvalue weighted by Crippen LogP contribution is -1.93. The van der Waals surface area contributed by atoms with Crippen molar-refractivity contribution in [1.29, 1.82) is 0 Å². The Morgan fingerprint density at radius 1 is 1.50 bits per heavy atom. The highest BCUT2D eigenvalue weighted by atomic mass is 35.5. The highest BCUT2D eigenvalue weighted by molar-refractivity contribution is 5.85. The summed E-state index contributed by atoms with van der Waals surface area (Å²) >= 11 is 0. The summed E-state index contributed by atoms with van der Waals surface area (Å²) in [4.78, 5) is 0. The van der Waals surface area contributed by atoms with Gasteiger partial charge < -0.3 is 15.5 Å². The Kier molecular flexibility index (Phi) is 25.9. The number of nitrogens with two attached hydrogens (primary N) is 1. The normalized spacial score (nSPS) is 9.00. The summed E-state index contributed by atoms with van der Waals surface area (Å²) in [6.45, 7) is 1.70. The number of oxime groups is 1. The van der Waals surface area contributed by atoms with E-state index in [1.54, 1.807) is 6.92 Å². The number of aliphatic hydroxyl groups is 1. The molecule has 64 valence electrons. The molecular formula is C4H13ClN2O3. The second kappa shape index (κ2) is 15.9. The minimum Gasteiger partial charge on any atom is -0.411 e. The van der Waals surface area contributed by atoms with E-state index in [0.717, 1.165) is 0 Å². The fraction of sp³-hybridized carbons (Fsp3) is 0.750. The molecule has 0 spiro atoms. The van der Waals surface area contributed by atoms with Gasteiger partial charge in [-0.2, -0.15) is 0 Å². The quantitative estimate of drug-likeness (QED) is 0.267. The molecule has 0 rings (SSSR count). The average Bonchev–Trinajstić information content (AvgIpc) is 1.93. The molecule has 0 unspecified atom stereocenters. The Hall–Kier alpha value is -0.360. The van der Waals surface area contributed by atoms with Gasteiger partial charge in [0.1, 0.15) is 0 Å². The van der Waals surface area contributed by atoms with E-state index < -0.39 is 0 Å². The van der Waals surface area contributed by atoms with Crippen LogP contribution in [0.25, 0.3) is 0 Å². The third-order valence-electron chi connectivity index (χ3n) is 0.644. The molecule has 0 heterocycles. The van der Waals surface area contributed by atoms with Gasteiger partial charge in [-0.05, 0) is 6.92 Å². The second-order valence-corrected chi connectivity index (χ2v) is 1.31. The highest BCUT2D eigenvalue weighted by Gasteiger charge is 1.85. The molecular weight excluding hydrogens is 160 g/mol. The van der Waals surface area contributed by atoms with Gasteiger partial charge >= 0.3 is 0 Å². The molecule has 6 heteroatoms. The molecule has 10 heavy (non-hydrogen) atoms. The molecule has 0 aliphatic carbocycles. The van der Waals surface area contributed by atoms with Gasteiger partial charge in [-0.25, -0.2) is 5.90 Å². The SMILES string of the molecule is CC(CCO)=NO.Cl.NO. The first-order valence-corrected chi connectivity index (χ1v) is 2.35. The predicted molar refractivity (Wildman–Crippen MR) is 39.8 cm³/mol. The highest BCUT2D eigenvalue weighted by Crippen LogP contribution is 1.79. The monoisotopic (exact) mass is 172 g/mol. The fourth-order valence-electron chi connectivity index (χ4n) is 0.212. The van der Waals surface area contributed by atoms with Crippen LogP contribution in [0, 0.1) is 0 Å².